The van der Waals surface area contributed by atoms with Crippen LogP contribution >= 0.6 is 11.3 Å². The molecule has 11 aromatic rings. The Hall–Kier alpha value is -7.72. The molecular formula is C61H42N2S. The van der Waals surface area contributed by atoms with Crippen molar-refractivity contribution in [3.8, 4) is 89.5 Å². The average molecular weight is 835 g/mol. The van der Waals surface area contributed by atoms with Crippen LogP contribution in [0.1, 0.15) is 25.0 Å². The summed E-state index contributed by atoms with van der Waals surface area (Å²) < 4.78 is 2.58. The Morgan fingerprint density at radius 2 is 0.844 bits per heavy atom. The minimum absolute atomic E-state index is 0.0390. The van der Waals surface area contributed by atoms with Gasteiger partial charge in [0.25, 0.3) is 0 Å². The van der Waals surface area contributed by atoms with E-state index in [9.17, 15) is 0 Å². The predicted molar refractivity (Wildman–Crippen MR) is 271 cm³/mol. The molecular weight excluding hydrogens is 793 g/mol. The van der Waals surface area contributed by atoms with Gasteiger partial charge in [0.15, 0.2) is 5.82 Å². The summed E-state index contributed by atoms with van der Waals surface area (Å²) in [5, 5.41) is 2.57. The van der Waals surface area contributed by atoms with Crippen LogP contribution in [0.15, 0.2) is 218 Å². The van der Waals surface area contributed by atoms with Gasteiger partial charge in [-0.15, -0.1) is 11.3 Å². The van der Waals surface area contributed by atoms with Gasteiger partial charge in [0.05, 0.1) is 11.4 Å². The highest BCUT2D eigenvalue weighted by atomic mass is 32.1. The first-order valence-electron chi connectivity index (χ1n) is 22.0. The van der Waals surface area contributed by atoms with E-state index in [4.69, 9.17) is 9.97 Å². The molecule has 2 aromatic heterocycles. The Kier molecular flexibility index (Phi) is 9.06. The summed E-state index contributed by atoms with van der Waals surface area (Å²) in [6.07, 6.45) is 0. The van der Waals surface area contributed by atoms with Crippen molar-refractivity contribution < 1.29 is 0 Å². The number of hydrogen-bond donors (Lipinski definition) is 0. The molecule has 0 saturated heterocycles. The maximum Gasteiger partial charge on any atom is 0.160 e. The SMILES string of the molecule is CC1(C)c2ccccc2-c2cc(-c3cccc(-c4cc(-c5cc(-c6ccccc6-c6ccccc6)cc(-c6cccc7c6sc6ccccc67)c5)nc(-c5ccccc5)n4)c3)ccc21. The van der Waals surface area contributed by atoms with Crippen LogP contribution in [0.5, 0.6) is 0 Å². The zero-order chi connectivity index (χ0) is 42.8. The Morgan fingerprint density at radius 1 is 0.328 bits per heavy atom. The first-order valence-corrected chi connectivity index (χ1v) is 22.8. The van der Waals surface area contributed by atoms with Gasteiger partial charge in [-0.3, -0.25) is 0 Å². The van der Waals surface area contributed by atoms with Gasteiger partial charge < -0.3 is 0 Å². The molecule has 1 aliphatic carbocycles. The van der Waals surface area contributed by atoms with Crippen molar-refractivity contribution in [3.63, 3.8) is 0 Å². The highest BCUT2D eigenvalue weighted by Gasteiger charge is 2.35. The maximum atomic E-state index is 5.39. The van der Waals surface area contributed by atoms with Crippen molar-refractivity contribution >= 4 is 31.5 Å². The van der Waals surface area contributed by atoms with Gasteiger partial charge in [-0.25, -0.2) is 9.97 Å². The van der Waals surface area contributed by atoms with Crippen molar-refractivity contribution in [1.29, 1.82) is 0 Å². The molecule has 0 saturated carbocycles. The quantitative estimate of drug-likeness (QED) is 0.160. The number of aromatic nitrogens is 2. The topological polar surface area (TPSA) is 25.8 Å². The fraction of sp³-hybridized carbons (Fsp3) is 0.0492. The second-order valence-corrected chi connectivity index (χ2v) is 18.4. The fourth-order valence-corrected chi connectivity index (χ4v) is 11.1. The predicted octanol–water partition coefficient (Wildman–Crippen LogP) is 16.8. The summed E-state index contributed by atoms with van der Waals surface area (Å²) in [5.41, 5.74) is 19.5. The van der Waals surface area contributed by atoms with E-state index in [2.05, 4.69) is 226 Å². The van der Waals surface area contributed by atoms with Gasteiger partial charge in [-0.2, -0.15) is 0 Å². The minimum atomic E-state index is -0.0390. The van der Waals surface area contributed by atoms with E-state index in [-0.39, 0.29) is 5.41 Å². The third-order valence-electron chi connectivity index (χ3n) is 13.1. The van der Waals surface area contributed by atoms with Crippen molar-refractivity contribution in [2.75, 3.05) is 0 Å². The van der Waals surface area contributed by atoms with Crippen LogP contribution in [-0.2, 0) is 5.41 Å². The molecule has 2 nitrogen and oxygen atoms in total. The molecule has 0 fully saturated rings. The Labute approximate surface area is 377 Å². The molecule has 0 N–H and O–H groups in total. The molecule has 3 heteroatoms. The fourth-order valence-electron chi connectivity index (χ4n) is 9.88. The molecule has 0 radical (unpaired) electrons. The van der Waals surface area contributed by atoms with E-state index in [0.717, 1.165) is 44.8 Å². The van der Waals surface area contributed by atoms with Gasteiger partial charge >= 0.3 is 0 Å². The minimum Gasteiger partial charge on any atom is -0.228 e. The number of hydrogen-bond acceptors (Lipinski definition) is 3. The molecule has 0 bridgehead atoms. The first-order chi connectivity index (χ1) is 31.5. The summed E-state index contributed by atoms with van der Waals surface area (Å²) in [6.45, 7) is 4.67. The van der Waals surface area contributed by atoms with E-state index in [0.29, 0.717) is 5.82 Å². The van der Waals surface area contributed by atoms with E-state index in [1.807, 2.05) is 17.4 Å². The summed E-state index contributed by atoms with van der Waals surface area (Å²) in [6, 6.07) is 79.1. The summed E-state index contributed by atoms with van der Waals surface area (Å²) in [4.78, 5) is 10.7. The van der Waals surface area contributed by atoms with Gasteiger partial charge in [0.1, 0.15) is 0 Å². The summed E-state index contributed by atoms with van der Waals surface area (Å²) in [5.74, 6) is 0.693. The lowest BCUT2D eigenvalue weighted by Crippen LogP contribution is -2.14. The number of benzene rings is 9. The largest absolute Gasteiger partial charge is 0.228 e. The van der Waals surface area contributed by atoms with E-state index >= 15 is 0 Å². The summed E-state index contributed by atoms with van der Waals surface area (Å²) in [7, 11) is 0. The zero-order valence-electron chi connectivity index (χ0n) is 35.6. The Morgan fingerprint density at radius 3 is 1.64 bits per heavy atom. The molecule has 302 valence electrons. The Balaban J connectivity index is 1.05. The second-order valence-electron chi connectivity index (χ2n) is 17.3. The highest BCUT2D eigenvalue weighted by molar-refractivity contribution is 7.26. The monoisotopic (exact) mass is 834 g/mol. The van der Waals surface area contributed by atoms with Crippen LogP contribution in [0.2, 0.25) is 0 Å². The van der Waals surface area contributed by atoms with Crippen molar-refractivity contribution in [2.24, 2.45) is 0 Å². The van der Waals surface area contributed by atoms with E-state index < -0.39 is 0 Å². The molecule has 12 rings (SSSR count). The van der Waals surface area contributed by atoms with E-state index in [1.165, 1.54) is 70.2 Å². The molecule has 0 spiro atoms. The van der Waals surface area contributed by atoms with Crippen molar-refractivity contribution in [3.05, 3.63) is 230 Å². The number of thiophene rings is 1. The number of rotatable bonds is 7. The zero-order valence-corrected chi connectivity index (χ0v) is 36.4. The second kappa shape index (κ2) is 15.3. The molecule has 64 heavy (non-hydrogen) atoms. The van der Waals surface area contributed by atoms with Gasteiger partial charge in [-0.05, 0) is 109 Å². The van der Waals surface area contributed by atoms with Crippen LogP contribution in [0.4, 0.5) is 0 Å². The summed E-state index contributed by atoms with van der Waals surface area (Å²) >= 11 is 1.86. The molecule has 9 aromatic carbocycles. The molecule has 2 heterocycles. The number of nitrogens with zero attached hydrogens (tertiary/aromatic N) is 2. The maximum absolute atomic E-state index is 5.39. The van der Waals surface area contributed by atoms with Crippen LogP contribution in [-0.4, -0.2) is 9.97 Å². The molecule has 0 aliphatic heterocycles. The third kappa shape index (κ3) is 6.47. The average Bonchev–Trinajstić information content (AvgIpc) is 3.86. The lowest BCUT2D eigenvalue weighted by atomic mass is 9.82. The Bertz CT molecular complexity index is 3580. The number of fused-ring (bicyclic) bond motifs is 6. The van der Waals surface area contributed by atoms with E-state index in [1.54, 1.807) is 0 Å². The van der Waals surface area contributed by atoms with Gasteiger partial charge in [0.2, 0.25) is 0 Å². The van der Waals surface area contributed by atoms with Gasteiger partial charge in [0, 0.05) is 42.3 Å². The van der Waals surface area contributed by atoms with Crippen molar-refractivity contribution in [2.45, 2.75) is 19.3 Å². The normalized spacial score (nSPS) is 12.7. The van der Waals surface area contributed by atoms with Crippen LogP contribution in [0, 0.1) is 0 Å². The standard InChI is InChI=1S/C61H42N2S/c1-61(2)54-29-13-11-25-50(54)53-37-42(31-32-55(53)61)41-21-15-22-43(33-41)56-38-57(63-60(62-56)40-19-7-4-8-20-40)46-35-44(48-24-10-9-23-47(48)39-17-5-3-6-18-39)34-45(36-46)49-27-16-28-52-51-26-12-14-30-58(51)64-59(49)52/h3-38H,1-2H3. The lowest BCUT2D eigenvalue weighted by molar-refractivity contribution is 0.660. The molecule has 0 atom stereocenters. The molecule has 1 aliphatic rings. The highest BCUT2D eigenvalue weighted by Crippen LogP contribution is 2.50. The first kappa shape index (κ1) is 38.0. The lowest BCUT2D eigenvalue weighted by Gasteiger charge is -2.21. The van der Waals surface area contributed by atoms with Crippen LogP contribution in [0.3, 0.4) is 0 Å². The molecule has 0 unspecified atom stereocenters. The van der Waals surface area contributed by atoms with Crippen molar-refractivity contribution in [1.82, 2.24) is 9.97 Å². The third-order valence-corrected chi connectivity index (χ3v) is 14.3. The molecule has 0 amide bonds. The van der Waals surface area contributed by atoms with Crippen LogP contribution < -0.4 is 0 Å². The van der Waals surface area contributed by atoms with Crippen LogP contribution in [0.25, 0.3) is 110 Å². The van der Waals surface area contributed by atoms with Gasteiger partial charge in [-0.1, -0.05) is 190 Å². The smallest absolute Gasteiger partial charge is 0.160 e.